The summed E-state index contributed by atoms with van der Waals surface area (Å²) in [6.07, 6.45) is 0. The van der Waals surface area contributed by atoms with Gasteiger partial charge in [-0.3, -0.25) is 14.5 Å². The number of fused-ring (bicyclic) bond motifs is 1. The van der Waals surface area contributed by atoms with E-state index >= 15 is 0 Å². The van der Waals surface area contributed by atoms with Gasteiger partial charge in [-0.05, 0) is 18.2 Å². The van der Waals surface area contributed by atoms with Crippen LogP contribution in [0.25, 0.3) is 0 Å². The Morgan fingerprint density at radius 2 is 2.09 bits per heavy atom. The summed E-state index contributed by atoms with van der Waals surface area (Å²) in [5.41, 5.74) is 1.19. The van der Waals surface area contributed by atoms with Crippen LogP contribution in [0.1, 0.15) is 18.5 Å². The van der Waals surface area contributed by atoms with E-state index in [1.165, 1.54) is 19.1 Å². The lowest BCUT2D eigenvalue weighted by Gasteiger charge is -2.28. The first-order valence-corrected chi connectivity index (χ1v) is 7.74. The molecule has 2 heterocycles. The van der Waals surface area contributed by atoms with Crippen LogP contribution in [0.4, 0.5) is 10.1 Å². The number of benzene rings is 1. The monoisotopic (exact) mass is 321 g/mol. The number of carbonyl (C=O) groups excluding carboxylic acids is 2. The van der Waals surface area contributed by atoms with E-state index in [1.807, 2.05) is 0 Å². The predicted octanol–water partition coefficient (Wildman–Crippen LogP) is 0.682. The van der Waals surface area contributed by atoms with Crippen molar-refractivity contribution in [2.75, 3.05) is 44.3 Å². The van der Waals surface area contributed by atoms with Gasteiger partial charge in [0.1, 0.15) is 11.9 Å². The molecule has 124 valence electrons. The van der Waals surface area contributed by atoms with Crippen molar-refractivity contribution in [1.82, 2.24) is 10.2 Å². The number of ether oxygens (including phenoxy) is 1. The van der Waals surface area contributed by atoms with Crippen LogP contribution in [0, 0.1) is 5.82 Å². The first-order valence-electron chi connectivity index (χ1n) is 7.74. The van der Waals surface area contributed by atoms with E-state index < -0.39 is 11.9 Å². The standard InChI is InChI=1S/C16H20FN3O3/c1-11(21)18-15-13-10-12(17)2-3-14(13)20(16(15)22)5-4-19-6-8-23-9-7-19/h2-3,10,15H,4-9H2,1H3,(H,18,21)/t15-/m1/s1. The van der Waals surface area contributed by atoms with E-state index in [2.05, 4.69) is 10.2 Å². The zero-order chi connectivity index (χ0) is 16.4. The third kappa shape index (κ3) is 3.35. The molecule has 1 atom stereocenters. The number of rotatable bonds is 4. The average Bonchev–Trinajstić information content (AvgIpc) is 2.78. The Morgan fingerprint density at radius 1 is 1.35 bits per heavy atom. The normalized spacial score (nSPS) is 21.4. The van der Waals surface area contributed by atoms with Crippen LogP contribution in [-0.4, -0.2) is 56.1 Å². The number of morpholine rings is 1. The van der Waals surface area contributed by atoms with Gasteiger partial charge >= 0.3 is 0 Å². The Morgan fingerprint density at radius 3 is 2.78 bits per heavy atom. The molecule has 1 saturated heterocycles. The third-order valence-corrected chi connectivity index (χ3v) is 4.20. The molecule has 2 amide bonds. The van der Waals surface area contributed by atoms with Gasteiger partial charge in [0.05, 0.1) is 13.2 Å². The highest BCUT2D eigenvalue weighted by molar-refractivity contribution is 6.06. The van der Waals surface area contributed by atoms with E-state index in [9.17, 15) is 14.0 Å². The van der Waals surface area contributed by atoms with Crippen molar-refractivity contribution in [1.29, 1.82) is 0 Å². The smallest absolute Gasteiger partial charge is 0.254 e. The number of nitrogens with one attached hydrogen (secondary N) is 1. The molecule has 0 unspecified atom stereocenters. The maximum Gasteiger partial charge on any atom is 0.254 e. The fourth-order valence-corrected chi connectivity index (χ4v) is 3.05. The van der Waals surface area contributed by atoms with Crippen LogP contribution in [0.2, 0.25) is 0 Å². The van der Waals surface area contributed by atoms with Crippen molar-refractivity contribution < 1.29 is 18.7 Å². The highest BCUT2D eigenvalue weighted by Gasteiger charge is 2.38. The fourth-order valence-electron chi connectivity index (χ4n) is 3.05. The van der Waals surface area contributed by atoms with Crippen molar-refractivity contribution in [2.45, 2.75) is 13.0 Å². The lowest BCUT2D eigenvalue weighted by atomic mass is 10.1. The van der Waals surface area contributed by atoms with Crippen molar-refractivity contribution in [2.24, 2.45) is 0 Å². The first kappa shape index (κ1) is 15.9. The van der Waals surface area contributed by atoms with E-state index in [-0.39, 0.29) is 11.8 Å². The highest BCUT2D eigenvalue weighted by atomic mass is 19.1. The third-order valence-electron chi connectivity index (χ3n) is 4.20. The second-order valence-corrected chi connectivity index (χ2v) is 5.78. The number of carbonyl (C=O) groups is 2. The highest BCUT2D eigenvalue weighted by Crippen LogP contribution is 2.36. The van der Waals surface area contributed by atoms with E-state index in [0.717, 1.165) is 19.6 Å². The summed E-state index contributed by atoms with van der Waals surface area (Å²) in [6.45, 7) is 5.66. The first-order chi connectivity index (χ1) is 11.1. The van der Waals surface area contributed by atoms with Crippen LogP contribution in [0.5, 0.6) is 0 Å². The molecule has 0 aliphatic carbocycles. The lowest BCUT2D eigenvalue weighted by Crippen LogP contribution is -2.43. The SMILES string of the molecule is CC(=O)N[C@H]1C(=O)N(CCN2CCOCC2)c2ccc(F)cc21. The summed E-state index contributed by atoms with van der Waals surface area (Å²) in [4.78, 5) is 27.8. The number of halogens is 1. The molecule has 1 fully saturated rings. The van der Waals surface area contributed by atoms with Gasteiger partial charge in [0.25, 0.3) is 5.91 Å². The maximum absolute atomic E-state index is 13.5. The minimum absolute atomic E-state index is 0.214. The zero-order valence-electron chi connectivity index (χ0n) is 13.0. The Hall–Kier alpha value is -1.99. The van der Waals surface area contributed by atoms with Gasteiger partial charge in [0, 0.05) is 44.4 Å². The van der Waals surface area contributed by atoms with Gasteiger partial charge in [-0.2, -0.15) is 0 Å². The molecule has 1 aromatic carbocycles. The molecular weight excluding hydrogens is 301 g/mol. The van der Waals surface area contributed by atoms with Crippen molar-refractivity contribution in [3.63, 3.8) is 0 Å². The summed E-state index contributed by atoms with van der Waals surface area (Å²) in [7, 11) is 0. The Labute approximate surface area is 134 Å². The van der Waals surface area contributed by atoms with E-state index in [4.69, 9.17) is 4.74 Å². The number of anilines is 1. The molecule has 6 nitrogen and oxygen atoms in total. The molecule has 1 N–H and O–H groups in total. The van der Waals surface area contributed by atoms with Gasteiger partial charge in [-0.1, -0.05) is 0 Å². The lowest BCUT2D eigenvalue weighted by molar-refractivity contribution is -0.126. The number of amides is 2. The minimum Gasteiger partial charge on any atom is -0.379 e. The molecular formula is C16H20FN3O3. The molecule has 0 bridgehead atoms. The van der Waals surface area contributed by atoms with Crippen LogP contribution in [0.15, 0.2) is 18.2 Å². The van der Waals surface area contributed by atoms with Crippen LogP contribution in [0.3, 0.4) is 0 Å². The molecule has 0 aromatic heterocycles. The van der Waals surface area contributed by atoms with Gasteiger partial charge < -0.3 is 15.0 Å². The Kier molecular flexibility index (Phi) is 4.58. The molecule has 0 radical (unpaired) electrons. The zero-order valence-corrected chi connectivity index (χ0v) is 13.0. The number of nitrogens with zero attached hydrogens (tertiary/aromatic N) is 2. The average molecular weight is 321 g/mol. The van der Waals surface area contributed by atoms with Crippen molar-refractivity contribution in [3.05, 3.63) is 29.6 Å². The summed E-state index contributed by atoms with van der Waals surface area (Å²) in [5, 5.41) is 2.61. The maximum atomic E-state index is 13.5. The minimum atomic E-state index is -0.803. The summed E-state index contributed by atoms with van der Waals surface area (Å²) in [6, 6.07) is 3.46. The summed E-state index contributed by atoms with van der Waals surface area (Å²) < 4.78 is 18.9. The molecule has 7 heteroatoms. The Bertz CT molecular complexity index is 617. The topological polar surface area (TPSA) is 61.9 Å². The van der Waals surface area contributed by atoms with Crippen molar-refractivity contribution >= 4 is 17.5 Å². The molecule has 0 spiro atoms. The number of hydrogen-bond acceptors (Lipinski definition) is 4. The Balaban J connectivity index is 1.77. The van der Waals surface area contributed by atoms with E-state index in [1.54, 1.807) is 11.0 Å². The van der Waals surface area contributed by atoms with Gasteiger partial charge in [-0.15, -0.1) is 0 Å². The second-order valence-electron chi connectivity index (χ2n) is 5.78. The van der Waals surface area contributed by atoms with Crippen LogP contribution in [-0.2, 0) is 14.3 Å². The molecule has 23 heavy (non-hydrogen) atoms. The largest absolute Gasteiger partial charge is 0.379 e. The summed E-state index contributed by atoms with van der Waals surface area (Å²) in [5.74, 6) is -0.940. The second kappa shape index (κ2) is 6.64. The van der Waals surface area contributed by atoms with Crippen LogP contribution < -0.4 is 10.2 Å². The molecule has 2 aliphatic heterocycles. The number of hydrogen-bond donors (Lipinski definition) is 1. The summed E-state index contributed by atoms with van der Waals surface area (Å²) >= 11 is 0. The fraction of sp³-hybridized carbons (Fsp3) is 0.500. The van der Waals surface area contributed by atoms with Gasteiger partial charge in [0.2, 0.25) is 5.91 Å². The van der Waals surface area contributed by atoms with Gasteiger partial charge in [-0.25, -0.2) is 4.39 Å². The predicted molar refractivity (Wildman–Crippen MR) is 82.6 cm³/mol. The molecule has 2 aliphatic rings. The quantitative estimate of drug-likeness (QED) is 0.886. The molecule has 3 rings (SSSR count). The van der Waals surface area contributed by atoms with Crippen molar-refractivity contribution in [3.8, 4) is 0 Å². The molecule has 0 saturated carbocycles. The molecule has 1 aromatic rings. The van der Waals surface area contributed by atoms with Crippen LogP contribution >= 0.6 is 0 Å². The van der Waals surface area contributed by atoms with Gasteiger partial charge in [0.15, 0.2) is 0 Å². The van der Waals surface area contributed by atoms with E-state index in [0.29, 0.717) is 31.0 Å².